The number of benzene rings is 4. The Balaban J connectivity index is 0.000000332. The van der Waals surface area contributed by atoms with Gasteiger partial charge < -0.3 is 14.8 Å². The quantitative estimate of drug-likeness (QED) is 0.101. The molecule has 0 saturated carbocycles. The summed E-state index contributed by atoms with van der Waals surface area (Å²) in [5.41, 5.74) is 1.93. The third kappa shape index (κ3) is 17.1. The van der Waals surface area contributed by atoms with E-state index >= 15 is 0 Å². The molecule has 4 aromatic carbocycles. The summed E-state index contributed by atoms with van der Waals surface area (Å²) in [7, 11) is 3.52. The summed E-state index contributed by atoms with van der Waals surface area (Å²) in [4.78, 5) is 45.4. The van der Waals surface area contributed by atoms with Crippen molar-refractivity contribution in [2.75, 3.05) is 39.7 Å². The van der Waals surface area contributed by atoms with E-state index in [-0.39, 0.29) is 36.8 Å². The van der Waals surface area contributed by atoms with Crippen LogP contribution in [0.1, 0.15) is 36.1 Å². The average molecular weight is 825 g/mol. The third-order valence-electron chi connectivity index (χ3n) is 7.40. The number of nitrogens with zero attached hydrogens (tertiary/aromatic N) is 1. The minimum Gasteiger partial charge on any atom is -0.450 e. The van der Waals surface area contributed by atoms with Crippen molar-refractivity contribution in [1.82, 2.24) is 20.9 Å². The first kappa shape index (κ1) is 47.7. The molecular weight excluding hydrogens is 782 g/mol. The minimum atomic E-state index is -4.43. The van der Waals surface area contributed by atoms with Gasteiger partial charge in [-0.2, -0.15) is 26.3 Å². The number of nitrogens with one attached hydrogen (secondary N) is 3. The van der Waals surface area contributed by atoms with E-state index in [1.54, 1.807) is 74.3 Å². The summed E-state index contributed by atoms with van der Waals surface area (Å²) in [6.45, 7) is 4.73. The summed E-state index contributed by atoms with van der Waals surface area (Å²) < 4.78 is 87.3. The number of hydrogen-bond donors (Lipinski definition) is 3. The number of ether oxygens (including phenoxy) is 2. The maximum atomic E-state index is 13.2. The number of halogens is 7. The van der Waals surface area contributed by atoms with Crippen molar-refractivity contribution >= 4 is 35.6 Å². The van der Waals surface area contributed by atoms with Crippen LogP contribution in [0.4, 0.5) is 35.9 Å². The predicted molar refractivity (Wildman–Crippen MR) is 204 cm³/mol. The van der Waals surface area contributed by atoms with Gasteiger partial charge in [-0.1, -0.05) is 84.9 Å². The lowest BCUT2D eigenvalue weighted by atomic mass is 9.98. The zero-order valence-electron chi connectivity index (χ0n) is 31.5. The fourth-order valence-electron chi connectivity index (χ4n) is 5.01. The molecule has 3 N–H and O–H groups in total. The van der Waals surface area contributed by atoms with Gasteiger partial charge in [0.1, 0.15) is 5.88 Å². The van der Waals surface area contributed by atoms with Crippen molar-refractivity contribution in [2.45, 2.75) is 39.3 Å². The highest BCUT2D eigenvalue weighted by Gasteiger charge is 2.34. The predicted octanol–water partition coefficient (Wildman–Crippen LogP) is 8.67. The number of amides is 4. The number of alkyl carbamates (subject to hydrolysis) is 2. The molecule has 0 atom stereocenters. The summed E-state index contributed by atoms with van der Waals surface area (Å²) >= 11 is 5.08. The molecule has 0 aliphatic heterocycles. The molecule has 0 aliphatic carbocycles. The molecule has 57 heavy (non-hydrogen) atoms. The van der Waals surface area contributed by atoms with Crippen LogP contribution in [0.2, 0.25) is 0 Å². The zero-order valence-corrected chi connectivity index (χ0v) is 32.3. The van der Waals surface area contributed by atoms with E-state index in [2.05, 4.69) is 20.1 Å². The SMILES string of the molecule is CCOC(=O)NC(=O)CCl.CCOC(=O)NC(=O)CN(C)Cc1ccc(-c2ccccc2C(F)(F)F)cc1.CNCc1ccc(-c2ccccc2C(F)(F)F)cc1. The molecule has 4 aromatic rings. The number of carbonyl (C=O) groups is 4. The van der Waals surface area contributed by atoms with Gasteiger partial charge in [0.05, 0.1) is 30.9 Å². The Morgan fingerprint density at radius 3 is 1.42 bits per heavy atom. The molecule has 0 spiro atoms. The van der Waals surface area contributed by atoms with Crippen LogP contribution < -0.4 is 16.0 Å². The average Bonchev–Trinajstić information content (AvgIpc) is 3.15. The number of rotatable bonds is 11. The van der Waals surface area contributed by atoms with Crippen LogP contribution in [0.3, 0.4) is 0 Å². The fourth-order valence-corrected chi connectivity index (χ4v) is 5.07. The topological polar surface area (TPSA) is 126 Å². The summed E-state index contributed by atoms with van der Waals surface area (Å²) in [6.07, 6.45) is -10.3. The lowest BCUT2D eigenvalue weighted by molar-refractivity contribution is -0.137. The van der Waals surface area contributed by atoms with E-state index in [4.69, 9.17) is 11.6 Å². The molecule has 0 aliphatic rings. The first-order chi connectivity index (χ1) is 26.9. The van der Waals surface area contributed by atoms with Crippen LogP contribution >= 0.6 is 11.6 Å². The maximum Gasteiger partial charge on any atom is 0.417 e. The van der Waals surface area contributed by atoms with Crippen molar-refractivity contribution < 1.29 is 55.0 Å². The van der Waals surface area contributed by atoms with E-state index in [9.17, 15) is 45.5 Å². The number of hydrogen-bond acceptors (Lipinski definition) is 8. The molecule has 0 aromatic heterocycles. The molecule has 4 rings (SSSR count). The lowest BCUT2D eigenvalue weighted by Gasteiger charge is -2.17. The van der Waals surface area contributed by atoms with Gasteiger partial charge in [-0.25, -0.2) is 9.59 Å². The minimum absolute atomic E-state index is 0.0303. The smallest absolute Gasteiger partial charge is 0.417 e. The number of likely N-dealkylation sites (N-methyl/N-ethyl adjacent to an activating group) is 1. The second-order valence-electron chi connectivity index (χ2n) is 11.9. The van der Waals surface area contributed by atoms with E-state index in [1.807, 2.05) is 24.5 Å². The van der Waals surface area contributed by atoms with E-state index in [1.165, 1.54) is 24.3 Å². The number of carbonyl (C=O) groups excluding carboxylic acids is 4. The van der Waals surface area contributed by atoms with Gasteiger partial charge >= 0.3 is 24.5 Å². The van der Waals surface area contributed by atoms with Crippen molar-refractivity contribution in [2.24, 2.45) is 0 Å². The Kier molecular flexibility index (Phi) is 19.7. The van der Waals surface area contributed by atoms with Gasteiger partial charge in [-0.05, 0) is 73.5 Å². The molecule has 0 bridgehead atoms. The molecule has 17 heteroatoms. The third-order valence-corrected chi connectivity index (χ3v) is 7.64. The van der Waals surface area contributed by atoms with Gasteiger partial charge in [-0.15, -0.1) is 11.6 Å². The molecular formula is C40H43ClF6N4O6. The zero-order chi connectivity index (χ0) is 42.6. The van der Waals surface area contributed by atoms with Crippen molar-refractivity contribution in [3.8, 4) is 22.3 Å². The Labute approximate surface area is 331 Å². The monoisotopic (exact) mass is 824 g/mol. The molecule has 4 amide bonds. The maximum absolute atomic E-state index is 13.2. The Hall–Kier alpha value is -5.45. The normalized spacial score (nSPS) is 10.9. The second kappa shape index (κ2) is 23.6. The highest BCUT2D eigenvalue weighted by Crippen LogP contribution is 2.38. The first-order valence-corrected chi connectivity index (χ1v) is 17.8. The molecule has 0 saturated heterocycles. The summed E-state index contributed by atoms with van der Waals surface area (Å²) in [6, 6.07) is 24.8. The largest absolute Gasteiger partial charge is 0.450 e. The number of alkyl halides is 7. The summed E-state index contributed by atoms with van der Waals surface area (Å²) in [5, 5.41) is 7.00. The van der Waals surface area contributed by atoms with Gasteiger partial charge in [-0.3, -0.25) is 25.1 Å². The summed E-state index contributed by atoms with van der Waals surface area (Å²) in [5.74, 6) is -1.30. The molecule has 0 radical (unpaired) electrons. The van der Waals surface area contributed by atoms with Crippen LogP contribution in [-0.2, 0) is 44.5 Å². The van der Waals surface area contributed by atoms with Crippen LogP contribution in [0.5, 0.6) is 0 Å². The van der Waals surface area contributed by atoms with Crippen LogP contribution in [0.15, 0.2) is 97.1 Å². The Bertz CT molecular complexity index is 1890. The second-order valence-corrected chi connectivity index (χ2v) is 12.1. The Morgan fingerprint density at radius 2 is 1.04 bits per heavy atom. The van der Waals surface area contributed by atoms with Gasteiger partial charge in [0.25, 0.3) is 0 Å². The number of imide groups is 2. The van der Waals surface area contributed by atoms with Crippen molar-refractivity contribution in [1.29, 1.82) is 0 Å². The lowest BCUT2D eigenvalue weighted by Crippen LogP contribution is -2.38. The molecule has 308 valence electrons. The standard InChI is InChI=1S/C20H21F3N2O3.C15H14F3N.C5H8ClNO3/c1-3-28-19(27)24-18(26)13-25(2)12-14-8-10-15(11-9-14)16-6-4-5-7-17(16)20(21,22)23;1-19-10-11-6-8-12(9-7-11)13-4-2-3-5-14(13)15(16,17)18;1-2-10-5(9)7-4(8)3-6/h4-11H,3,12-13H2,1-2H3,(H,24,26,27);2-9,19H,10H2,1H3;2-3H2,1H3,(H,7,8,9). The highest BCUT2D eigenvalue weighted by atomic mass is 35.5. The van der Waals surface area contributed by atoms with Crippen molar-refractivity contribution in [3.63, 3.8) is 0 Å². The Morgan fingerprint density at radius 1 is 0.632 bits per heavy atom. The molecule has 0 unspecified atom stereocenters. The molecule has 0 heterocycles. The molecule has 10 nitrogen and oxygen atoms in total. The fraction of sp³-hybridized carbons (Fsp3) is 0.300. The highest BCUT2D eigenvalue weighted by molar-refractivity contribution is 6.28. The van der Waals surface area contributed by atoms with Crippen LogP contribution in [0, 0.1) is 0 Å². The van der Waals surface area contributed by atoms with Gasteiger partial charge in [0.2, 0.25) is 11.8 Å². The molecule has 0 fully saturated rings. The van der Waals surface area contributed by atoms with Gasteiger partial charge in [0.15, 0.2) is 0 Å². The van der Waals surface area contributed by atoms with Gasteiger partial charge in [0, 0.05) is 13.1 Å². The van der Waals surface area contributed by atoms with Crippen LogP contribution in [-0.4, -0.2) is 68.6 Å². The van der Waals surface area contributed by atoms with E-state index in [0.717, 1.165) is 23.3 Å². The first-order valence-electron chi connectivity index (χ1n) is 17.3. The van der Waals surface area contributed by atoms with Crippen molar-refractivity contribution in [3.05, 3.63) is 119 Å². The van der Waals surface area contributed by atoms with E-state index in [0.29, 0.717) is 24.2 Å². The van der Waals surface area contributed by atoms with Crippen LogP contribution in [0.25, 0.3) is 22.3 Å². The van der Waals surface area contributed by atoms with E-state index < -0.39 is 47.5 Å².